The summed E-state index contributed by atoms with van der Waals surface area (Å²) in [6.07, 6.45) is -1.23. The van der Waals surface area contributed by atoms with E-state index in [1.54, 1.807) is 28.8 Å². The topological polar surface area (TPSA) is 76.3 Å². The highest BCUT2D eigenvalue weighted by molar-refractivity contribution is 7.16. The number of rotatable bonds is 4. The van der Waals surface area contributed by atoms with E-state index in [1.165, 1.54) is 0 Å². The molecule has 1 saturated heterocycles. The molecule has 5 rings (SSSR count). The normalized spacial score (nSPS) is 28.7. The first-order chi connectivity index (χ1) is 14.4. The summed E-state index contributed by atoms with van der Waals surface area (Å²) in [6, 6.07) is 6.24. The van der Waals surface area contributed by atoms with Crippen molar-refractivity contribution in [3.63, 3.8) is 0 Å². The van der Waals surface area contributed by atoms with Crippen molar-refractivity contribution in [2.75, 3.05) is 13.6 Å². The number of ether oxygens (including phenoxy) is 1. The molecule has 2 bridgehead atoms. The first-order valence-electron chi connectivity index (χ1n) is 9.75. The number of aryl methyl sites for hydroxylation is 1. The number of nitrogens with zero attached hydrogens (tertiary/aromatic N) is 5. The highest BCUT2D eigenvalue weighted by atomic mass is 32.1. The monoisotopic (exact) mass is 433 g/mol. The van der Waals surface area contributed by atoms with Gasteiger partial charge >= 0.3 is 0 Å². The summed E-state index contributed by atoms with van der Waals surface area (Å²) in [5, 5.41) is 23.5. The lowest BCUT2D eigenvalue weighted by atomic mass is 9.85. The van der Waals surface area contributed by atoms with E-state index in [2.05, 4.69) is 15.3 Å². The molecule has 2 aliphatic rings. The molecule has 2 aromatic heterocycles. The average Bonchev–Trinajstić information content (AvgIpc) is 3.39. The number of phenolic OH excluding ortho intramolecular Hbond substituents is 1. The van der Waals surface area contributed by atoms with E-state index >= 15 is 0 Å². The Morgan fingerprint density at radius 1 is 1.20 bits per heavy atom. The molecule has 5 unspecified atom stereocenters. The summed E-state index contributed by atoms with van der Waals surface area (Å²) >= 11 is 1.13. The van der Waals surface area contributed by atoms with E-state index in [0.29, 0.717) is 29.2 Å². The van der Waals surface area contributed by atoms with Gasteiger partial charge in [-0.05, 0) is 38.6 Å². The van der Waals surface area contributed by atoms with Gasteiger partial charge in [0, 0.05) is 24.7 Å². The summed E-state index contributed by atoms with van der Waals surface area (Å²) in [7, 11) is 1.74. The Hall–Kier alpha value is -2.59. The fourth-order valence-corrected chi connectivity index (χ4v) is 5.18. The van der Waals surface area contributed by atoms with E-state index in [9.17, 15) is 13.9 Å². The zero-order chi connectivity index (χ0) is 21.0. The maximum Gasteiger partial charge on any atom is 0.294 e. The quantitative estimate of drug-likeness (QED) is 0.681. The van der Waals surface area contributed by atoms with Crippen LogP contribution in [0.3, 0.4) is 0 Å². The zero-order valence-electron chi connectivity index (χ0n) is 16.4. The molecule has 158 valence electrons. The Labute approximate surface area is 175 Å². The van der Waals surface area contributed by atoms with Crippen molar-refractivity contribution in [1.29, 1.82) is 0 Å². The van der Waals surface area contributed by atoms with Crippen LogP contribution in [0.4, 0.5) is 8.78 Å². The van der Waals surface area contributed by atoms with Gasteiger partial charge in [0.05, 0.1) is 23.0 Å². The predicted molar refractivity (Wildman–Crippen MR) is 108 cm³/mol. The molecule has 5 atom stereocenters. The van der Waals surface area contributed by atoms with Gasteiger partial charge < -0.3 is 9.84 Å². The fourth-order valence-electron chi connectivity index (χ4n) is 4.40. The van der Waals surface area contributed by atoms with Gasteiger partial charge in [0.15, 0.2) is 11.2 Å². The molecule has 1 N–H and O–H groups in total. The fraction of sp³-hybridized carbons (Fsp3) is 0.450. The summed E-state index contributed by atoms with van der Waals surface area (Å²) in [5.74, 6) is -0.198. The lowest BCUT2D eigenvalue weighted by molar-refractivity contribution is -0.0102. The predicted octanol–water partition coefficient (Wildman–Crippen LogP) is 3.16. The minimum atomic E-state index is -1.43. The maximum atomic E-state index is 14.8. The van der Waals surface area contributed by atoms with Gasteiger partial charge in [-0.1, -0.05) is 16.4 Å². The molecule has 3 aromatic rings. The number of benzene rings is 1. The molecule has 3 heterocycles. The van der Waals surface area contributed by atoms with Crippen LogP contribution in [0.2, 0.25) is 0 Å². The molecule has 0 radical (unpaired) electrons. The molecule has 0 amide bonds. The van der Waals surface area contributed by atoms with Gasteiger partial charge in [-0.25, -0.2) is 13.5 Å². The highest BCUT2D eigenvalue weighted by Crippen LogP contribution is 2.41. The Morgan fingerprint density at radius 2 is 2.03 bits per heavy atom. The van der Waals surface area contributed by atoms with Crippen LogP contribution in [0, 0.1) is 12.8 Å². The highest BCUT2D eigenvalue weighted by Gasteiger charge is 2.53. The van der Waals surface area contributed by atoms with Crippen LogP contribution in [-0.4, -0.2) is 68.1 Å². The summed E-state index contributed by atoms with van der Waals surface area (Å²) in [6.45, 7) is 2.42. The number of aromatic hydroxyl groups is 1. The van der Waals surface area contributed by atoms with Crippen LogP contribution in [0.25, 0.3) is 16.3 Å². The Kier molecular flexibility index (Phi) is 4.70. The van der Waals surface area contributed by atoms with Gasteiger partial charge in [-0.15, -0.1) is 5.10 Å². The van der Waals surface area contributed by atoms with Gasteiger partial charge in [0.1, 0.15) is 18.0 Å². The van der Waals surface area contributed by atoms with Crippen LogP contribution < -0.4 is 4.74 Å². The van der Waals surface area contributed by atoms with E-state index in [0.717, 1.165) is 17.0 Å². The molecule has 2 fully saturated rings. The van der Waals surface area contributed by atoms with Gasteiger partial charge in [0.2, 0.25) is 0 Å². The first-order valence-corrected chi connectivity index (χ1v) is 10.6. The molecule has 1 saturated carbocycles. The standard InChI is InChI=1S/C20H21F2N5O2S/c1-10-5-6-27(25-10)12-3-4-13(14(28)8-12)19-23-24-20(30-19)29-15-7-11-9-26(2)18(16(11)21)17(15)22/h3-6,8,11,15-18,28H,7,9H2,1-2H3. The first kappa shape index (κ1) is 19.4. The zero-order valence-corrected chi connectivity index (χ0v) is 17.3. The Bertz CT molecular complexity index is 1070. The second-order valence-corrected chi connectivity index (χ2v) is 8.89. The molecule has 1 aliphatic heterocycles. The molecule has 1 aliphatic carbocycles. The molecule has 30 heavy (non-hydrogen) atoms. The van der Waals surface area contributed by atoms with Crippen molar-refractivity contribution in [3.8, 4) is 27.2 Å². The number of aromatic nitrogens is 4. The van der Waals surface area contributed by atoms with Crippen molar-refractivity contribution in [3.05, 3.63) is 36.2 Å². The number of likely N-dealkylation sites (tertiary alicyclic amines) is 1. The lowest BCUT2D eigenvalue weighted by Crippen LogP contribution is -2.50. The molecule has 1 aromatic carbocycles. The number of fused-ring (bicyclic) bond motifs is 2. The van der Waals surface area contributed by atoms with Crippen LogP contribution in [-0.2, 0) is 0 Å². The summed E-state index contributed by atoms with van der Waals surface area (Å²) < 4.78 is 36.5. The number of alkyl halides is 2. The largest absolute Gasteiger partial charge is 0.507 e. The van der Waals surface area contributed by atoms with Crippen LogP contribution in [0.15, 0.2) is 30.5 Å². The van der Waals surface area contributed by atoms with Crippen molar-refractivity contribution in [1.82, 2.24) is 24.9 Å². The minimum absolute atomic E-state index is 0.0318. The van der Waals surface area contributed by atoms with Gasteiger partial charge in [-0.2, -0.15) is 5.10 Å². The van der Waals surface area contributed by atoms with E-state index in [4.69, 9.17) is 4.74 Å². The van der Waals surface area contributed by atoms with Crippen molar-refractivity contribution >= 4 is 11.3 Å². The van der Waals surface area contributed by atoms with E-state index in [1.807, 2.05) is 25.3 Å². The third-order valence-electron chi connectivity index (χ3n) is 5.88. The number of halogens is 2. The molecular weight excluding hydrogens is 412 g/mol. The Balaban J connectivity index is 1.34. The molecular formula is C20H21F2N5O2S. The average molecular weight is 433 g/mol. The maximum absolute atomic E-state index is 14.8. The number of hydrogen-bond acceptors (Lipinski definition) is 7. The van der Waals surface area contributed by atoms with Crippen LogP contribution in [0.1, 0.15) is 12.1 Å². The van der Waals surface area contributed by atoms with Crippen LogP contribution >= 0.6 is 11.3 Å². The van der Waals surface area contributed by atoms with Gasteiger partial charge in [-0.3, -0.25) is 4.90 Å². The van der Waals surface area contributed by atoms with Crippen molar-refractivity contribution in [2.24, 2.45) is 5.92 Å². The van der Waals surface area contributed by atoms with E-state index < -0.39 is 24.5 Å². The molecule has 0 spiro atoms. The summed E-state index contributed by atoms with van der Waals surface area (Å²) in [5.41, 5.74) is 2.09. The minimum Gasteiger partial charge on any atom is -0.507 e. The third kappa shape index (κ3) is 3.24. The number of hydrogen-bond donors (Lipinski definition) is 1. The second kappa shape index (κ2) is 7.28. The van der Waals surface area contributed by atoms with Crippen molar-refractivity contribution < 1.29 is 18.6 Å². The molecule has 7 nitrogen and oxygen atoms in total. The smallest absolute Gasteiger partial charge is 0.294 e. The van der Waals surface area contributed by atoms with Crippen molar-refractivity contribution in [2.45, 2.75) is 37.8 Å². The lowest BCUT2D eigenvalue weighted by Gasteiger charge is -2.34. The van der Waals surface area contributed by atoms with E-state index in [-0.39, 0.29) is 16.9 Å². The Morgan fingerprint density at radius 3 is 2.77 bits per heavy atom. The molecule has 10 heteroatoms. The summed E-state index contributed by atoms with van der Waals surface area (Å²) in [4.78, 5) is 1.73. The van der Waals surface area contributed by atoms with Gasteiger partial charge in [0.25, 0.3) is 5.19 Å². The third-order valence-corrected chi connectivity index (χ3v) is 6.73. The van der Waals surface area contributed by atoms with Crippen LogP contribution in [0.5, 0.6) is 10.9 Å². The number of phenols is 1. The SMILES string of the molecule is Cc1ccn(-c2ccc(-c3nnc(OC4CC5CN(C)C(C5F)C4F)s3)c(O)c2)n1. The second-order valence-electron chi connectivity index (χ2n) is 7.95.